The summed E-state index contributed by atoms with van der Waals surface area (Å²) in [6.07, 6.45) is 4.71. The largest absolute Gasteiger partial charge is 0.334 e. The standard InChI is InChI=1S/C22H30N4O2/c1-4-16-18(21(27)26-25-19(16)5-2)13-23-22(28)24-20-14(3)9-8-11-15-10-6-7-12-17(15)20/h6-7,10,12,14,20H,4-5,8-9,11,13H2,1-3H3,(H,26,27)(H2,23,24,28). The molecule has 2 aromatic rings. The van der Waals surface area contributed by atoms with Crippen molar-refractivity contribution in [3.63, 3.8) is 0 Å². The number of fused-ring (bicyclic) bond motifs is 1. The average molecular weight is 383 g/mol. The highest BCUT2D eigenvalue weighted by molar-refractivity contribution is 5.74. The molecule has 28 heavy (non-hydrogen) atoms. The lowest BCUT2D eigenvalue weighted by Crippen LogP contribution is -2.41. The number of nitrogens with zero attached hydrogens (tertiary/aromatic N) is 1. The first kappa shape index (κ1) is 20.1. The van der Waals surface area contributed by atoms with Crippen LogP contribution in [0.1, 0.15) is 67.6 Å². The Bertz CT molecular complexity index is 890. The van der Waals surface area contributed by atoms with Crippen LogP contribution in [0.25, 0.3) is 0 Å². The molecule has 2 amide bonds. The lowest BCUT2D eigenvalue weighted by atomic mass is 9.92. The van der Waals surface area contributed by atoms with Gasteiger partial charge in [0.15, 0.2) is 0 Å². The summed E-state index contributed by atoms with van der Waals surface area (Å²) in [6, 6.07) is 8.07. The minimum atomic E-state index is -0.245. The molecule has 0 bridgehead atoms. The fourth-order valence-electron chi connectivity index (χ4n) is 4.20. The van der Waals surface area contributed by atoms with Crippen molar-refractivity contribution >= 4 is 6.03 Å². The molecule has 1 aliphatic carbocycles. The molecule has 0 radical (unpaired) electrons. The lowest BCUT2D eigenvalue weighted by Gasteiger charge is -2.25. The molecule has 0 spiro atoms. The zero-order valence-corrected chi connectivity index (χ0v) is 17.0. The van der Waals surface area contributed by atoms with Gasteiger partial charge in [0, 0.05) is 5.56 Å². The summed E-state index contributed by atoms with van der Waals surface area (Å²) < 4.78 is 0. The minimum absolute atomic E-state index is 0.0220. The summed E-state index contributed by atoms with van der Waals surface area (Å²) in [6.45, 7) is 6.39. The molecule has 0 fully saturated rings. The number of benzene rings is 1. The molecule has 3 rings (SSSR count). The quantitative estimate of drug-likeness (QED) is 0.693. The van der Waals surface area contributed by atoms with Gasteiger partial charge >= 0.3 is 6.03 Å². The summed E-state index contributed by atoms with van der Waals surface area (Å²) in [5.41, 5.74) is 4.68. The Hall–Kier alpha value is -2.63. The molecule has 0 saturated heterocycles. The van der Waals surface area contributed by atoms with Gasteiger partial charge in [-0.3, -0.25) is 4.79 Å². The normalized spacial score (nSPS) is 18.8. The molecule has 1 aliphatic rings. The molecule has 6 nitrogen and oxygen atoms in total. The molecular weight excluding hydrogens is 352 g/mol. The second-order valence-electron chi connectivity index (χ2n) is 7.54. The Labute approximate surface area is 166 Å². The van der Waals surface area contributed by atoms with Crippen LogP contribution in [0, 0.1) is 5.92 Å². The second-order valence-corrected chi connectivity index (χ2v) is 7.54. The maximum absolute atomic E-state index is 12.7. The van der Waals surface area contributed by atoms with E-state index in [1.807, 2.05) is 19.9 Å². The first-order valence-electron chi connectivity index (χ1n) is 10.3. The topological polar surface area (TPSA) is 86.9 Å². The number of rotatable bonds is 5. The minimum Gasteiger partial charge on any atom is -0.334 e. The molecule has 3 N–H and O–H groups in total. The fourth-order valence-corrected chi connectivity index (χ4v) is 4.20. The Morgan fingerprint density at radius 3 is 2.75 bits per heavy atom. The van der Waals surface area contributed by atoms with Gasteiger partial charge in [0.25, 0.3) is 5.56 Å². The predicted octanol–water partition coefficient (Wildman–Crippen LogP) is 3.41. The molecule has 2 unspecified atom stereocenters. The van der Waals surface area contributed by atoms with Gasteiger partial charge in [-0.1, -0.05) is 45.0 Å². The lowest BCUT2D eigenvalue weighted by molar-refractivity contribution is 0.231. The Morgan fingerprint density at radius 1 is 1.21 bits per heavy atom. The Morgan fingerprint density at radius 2 is 2.00 bits per heavy atom. The van der Waals surface area contributed by atoms with E-state index in [9.17, 15) is 9.59 Å². The number of hydrogen-bond acceptors (Lipinski definition) is 3. The monoisotopic (exact) mass is 382 g/mol. The number of hydrogen-bond donors (Lipinski definition) is 3. The zero-order valence-electron chi connectivity index (χ0n) is 17.0. The smallest absolute Gasteiger partial charge is 0.315 e. The van der Waals surface area contributed by atoms with Crippen LogP contribution in [0.2, 0.25) is 0 Å². The zero-order chi connectivity index (χ0) is 20.1. The van der Waals surface area contributed by atoms with Crippen LogP contribution in [-0.2, 0) is 25.8 Å². The van der Waals surface area contributed by atoms with Gasteiger partial charge in [-0.15, -0.1) is 0 Å². The van der Waals surface area contributed by atoms with Crippen LogP contribution in [0.3, 0.4) is 0 Å². The average Bonchev–Trinajstić information content (AvgIpc) is 2.85. The summed E-state index contributed by atoms with van der Waals surface area (Å²) in [4.78, 5) is 24.9. The number of aromatic nitrogens is 2. The highest BCUT2D eigenvalue weighted by atomic mass is 16.2. The van der Waals surface area contributed by atoms with Gasteiger partial charge < -0.3 is 10.6 Å². The van der Waals surface area contributed by atoms with E-state index in [1.54, 1.807) is 0 Å². The van der Waals surface area contributed by atoms with Gasteiger partial charge in [0.2, 0.25) is 0 Å². The molecule has 150 valence electrons. The highest BCUT2D eigenvalue weighted by Crippen LogP contribution is 2.32. The third-order valence-electron chi connectivity index (χ3n) is 5.74. The van der Waals surface area contributed by atoms with Crippen molar-refractivity contribution in [1.29, 1.82) is 0 Å². The number of H-pyrrole nitrogens is 1. The number of amides is 2. The molecule has 0 saturated carbocycles. The van der Waals surface area contributed by atoms with Gasteiger partial charge in [-0.2, -0.15) is 5.10 Å². The van der Waals surface area contributed by atoms with Crippen molar-refractivity contribution in [3.8, 4) is 0 Å². The van der Waals surface area contributed by atoms with E-state index in [4.69, 9.17) is 0 Å². The van der Waals surface area contributed by atoms with E-state index >= 15 is 0 Å². The van der Waals surface area contributed by atoms with E-state index in [-0.39, 0.29) is 24.2 Å². The van der Waals surface area contributed by atoms with Crippen LogP contribution in [0.5, 0.6) is 0 Å². The summed E-state index contributed by atoms with van der Waals surface area (Å²) >= 11 is 0. The van der Waals surface area contributed by atoms with E-state index in [0.717, 1.165) is 36.9 Å². The molecule has 0 aliphatic heterocycles. The van der Waals surface area contributed by atoms with Crippen LogP contribution >= 0.6 is 0 Å². The Kier molecular flexibility index (Phi) is 6.49. The number of aryl methyl sites for hydroxylation is 2. The summed E-state index contributed by atoms with van der Waals surface area (Å²) in [5.74, 6) is 0.358. The van der Waals surface area contributed by atoms with Gasteiger partial charge in [0.05, 0.1) is 18.3 Å². The first-order valence-corrected chi connectivity index (χ1v) is 10.3. The van der Waals surface area contributed by atoms with Crippen LogP contribution in [0.4, 0.5) is 4.79 Å². The van der Waals surface area contributed by atoms with Crippen molar-refractivity contribution in [2.24, 2.45) is 5.92 Å². The number of carbonyl (C=O) groups is 1. The summed E-state index contributed by atoms with van der Waals surface area (Å²) in [7, 11) is 0. The van der Waals surface area contributed by atoms with Gasteiger partial charge in [0.1, 0.15) is 0 Å². The molecule has 1 heterocycles. The van der Waals surface area contributed by atoms with E-state index in [0.29, 0.717) is 17.9 Å². The van der Waals surface area contributed by atoms with E-state index in [2.05, 4.69) is 46.0 Å². The molecule has 2 atom stereocenters. The van der Waals surface area contributed by atoms with E-state index in [1.165, 1.54) is 11.1 Å². The second kappa shape index (κ2) is 9.04. The number of urea groups is 1. The van der Waals surface area contributed by atoms with Crippen molar-refractivity contribution in [2.45, 2.75) is 65.5 Å². The van der Waals surface area contributed by atoms with Crippen molar-refractivity contribution < 1.29 is 4.79 Å². The van der Waals surface area contributed by atoms with Crippen molar-refractivity contribution in [3.05, 3.63) is 62.6 Å². The van der Waals surface area contributed by atoms with Gasteiger partial charge in [-0.05, 0) is 54.7 Å². The highest BCUT2D eigenvalue weighted by Gasteiger charge is 2.26. The maximum Gasteiger partial charge on any atom is 0.315 e. The van der Waals surface area contributed by atoms with E-state index < -0.39 is 0 Å². The van der Waals surface area contributed by atoms with Crippen molar-refractivity contribution in [1.82, 2.24) is 20.8 Å². The molecule has 6 heteroatoms. The third-order valence-corrected chi connectivity index (χ3v) is 5.74. The maximum atomic E-state index is 12.7. The third kappa shape index (κ3) is 4.26. The predicted molar refractivity (Wildman–Crippen MR) is 110 cm³/mol. The first-order chi connectivity index (χ1) is 13.5. The van der Waals surface area contributed by atoms with Gasteiger partial charge in [-0.25, -0.2) is 9.89 Å². The SMILES string of the molecule is CCc1n[nH]c(=O)c(CNC(=O)NC2c3ccccc3CCCC2C)c1CC. The molecule has 1 aromatic carbocycles. The van der Waals surface area contributed by atoms with Crippen LogP contribution in [-0.4, -0.2) is 16.2 Å². The molecule has 1 aromatic heterocycles. The number of nitrogens with one attached hydrogen (secondary N) is 3. The number of aromatic amines is 1. The fraction of sp³-hybridized carbons (Fsp3) is 0.500. The molecular formula is C22H30N4O2. The van der Waals surface area contributed by atoms with Crippen LogP contribution in [0.15, 0.2) is 29.1 Å². The Balaban J connectivity index is 1.74. The van der Waals surface area contributed by atoms with Crippen LogP contribution < -0.4 is 16.2 Å². The summed E-state index contributed by atoms with van der Waals surface area (Å²) in [5, 5.41) is 12.7. The number of carbonyl (C=O) groups excluding carboxylic acids is 1. The van der Waals surface area contributed by atoms with Crippen molar-refractivity contribution in [2.75, 3.05) is 0 Å².